The first-order valence-corrected chi connectivity index (χ1v) is 14.4. The Bertz CT molecular complexity index is 1570. The molecule has 0 bridgehead atoms. The lowest BCUT2D eigenvalue weighted by Crippen LogP contribution is -2.35. The van der Waals surface area contributed by atoms with Gasteiger partial charge in [0.1, 0.15) is 0 Å². The Balaban J connectivity index is 1.32. The number of benzene rings is 2. The molecule has 0 radical (unpaired) electrons. The number of morpholine rings is 1. The number of fused-ring (bicyclic) bond motifs is 1. The van der Waals surface area contributed by atoms with Crippen molar-refractivity contribution in [2.75, 3.05) is 26.3 Å². The lowest BCUT2D eigenvalue weighted by atomic mass is 9.93. The van der Waals surface area contributed by atoms with Crippen molar-refractivity contribution in [2.45, 2.75) is 58.5 Å². The first kappa shape index (κ1) is 26.5. The molecule has 208 valence electrons. The zero-order valence-electron chi connectivity index (χ0n) is 23.3. The van der Waals surface area contributed by atoms with Crippen molar-refractivity contribution in [3.05, 3.63) is 86.5 Å². The number of aryl methyl sites for hydroxylation is 2. The number of carbonyl (C=O) groups is 1. The van der Waals surface area contributed by atoms with Crippen LogP contribution in [0.1, 0.15) is 70.0 Å². The van der Waals surface area contributed by atoms with Gasteiger partial charge in [0.25, 0.3) is 11.5 Å². The fourth-order valence-corrected chi connectivity index (χ4v) is 6.22. The second-order valence-corrected chi connectivity index (χ2v) is 11.2. The lowest BCUT2D eigenvalue weighted by Gasteiger charge is -2.26. The average Bonchev–Trinajstić information content (AvgIpc) is 3.63. The van der Waals surface area contributed by atoms with Gasteiger partial charge >= 0.3 is 0 Å². The molecule has 0 unspecified atom stereocenters. The molecule has 8 heteroatoms. The van der Waals surface area contributed by atoms with Gasteiger partial charge in [-0.25, -0.2) is 0 Å². The summed E-state index contributed by atoms with van der Waals surface area (Å²) in [5.41, 5.74) is 7.78. The molecule has 1 saturated carbocycles. The molecule has 6 rings (SSSR count). The number of hydrogen-bond acceptors (Lipinski definition) is 5. The zero-order valence-corrected chi connectivity index (χ0v) is 23.3. The molecule has 2 aromatic heterocycles. The summed E-state index contributed by atoms with van der Waals surface area (Å²) in [6.45, 7) is 8.30. The minimum absolute atomic E-state index is 0.163. The van der Waals surface area contributed by atoms with E-state index in [-0.39, 0.29) is 18.0 Å². The number of nitrogens with one attached hydrogen (secondary N) is 3. The van der Waals surface area contributed by atoms with E-state index in [9.17, 15) is 9.59 Å². The predicted molar refractivity (Wildman–Crippen MR) is 157 cm³/mol. The van der Waals surface area contributed by atoms with E-state index in [1.165, 1.54) is 18.4 Å². The Kier molecular flexibility index (Phi) is 7.54. The second-order valence-electron chi connectivity index (χ2n) is 11.2. The first-order chi connectivity index (χ1) is 19.5. The quantitative estimate of drug-likeness (QED) is 0.308. The Labute approximate surface area is 234 Å². The number of aromatic amines is 2. The normalized spacial score (nSPS) is 16.6. The van der Waals surface area contributed by atoms with Crippen LogP contribution in [0.15, 0.2) is 47.3 Å². The standard InChI is InChI=1S/C32H37N5O3/c1-20-15-21(2)34-32(39)27(20)18-33-31(38)26-16-25(17-28-29(26)30(36-35-28)24-5-3-4-6-24)23-9-7-22(8-10-23)19-37-11-13-40-14-12-37/h7-10,15-17,24H,3-6,11-14,18-19H2,1-2H3,(H,33,38)(H,34,39)(H,35,36). The number of aromatic nitrogens is 3. The molecule has 3 heterocycles. The number of rotatable bonds is 7. The van der Waals surface area contributed by atoms with E-state index in [4.69, 9.17) is 4.74 Å². The third-order valence-corrected chi connectivity index (χ3v) is 8.41. The molecule has 1 aliphatic carbocycles. The summed E-state index contributed by atoms with van der Waals surface area (Å²) in [6, 6.07) is 14.6. The molecule has 1 aliphatic heterocycles. The van der Waals surface area contributed by atoms with Crippen LogP contribution in [0, 0.1) is 13.8 Å². The van der Waals surface area contributed by atoms with Gasteiger partial charge in [0.15, 0.2) is 0 Å². The number of ether oxygens (including phenoxy) is 1. The summed E-state index contributed by atoms with van der Waals surface area (Å²) in [4.78, 5) is 31.6. The lowest BCUT2D eigenvalue weighted by molar-refractivity contribution is 0.0342. The molecule has 3 N–H and O–H groups in total. The molecular formula is C32H37N5O3. The van der Waals surface area contributed by atoms with Gasteiger partial charge in [0.2, 0.25) is 0 Å². The van der Waals surface area contributed by atoms with Crippen LogP contribution in [0.25, 0.3) is 22.0 Å². The SMILES string of the molecule is Cc1cc(C)c(CNC(=O)c2cc(-c3ccc(CN4CCOCC4)cc3)cc3n[nH]c(C4CCCC4)c23)c(=O)[nH]1. The van der Waals surface area contributed by atoms with Gasteiger partial charge in [0, 0.05) is 54.4 Å². The van der Waals surface area contributed by atoms with Gasteiger partial charge in [-0.3, -0.25) is 19.6 Å². The maximum atomic E-state index is 13.8. The van der Waals surface area contributed by atoms with Crippen LogP contribution in [-0.4, -0.2) is 52.3 Å². The maximum Gasteiger partial charge on any atom is 0.253 e. The van der Waals surface area contributed by atoms with Crippen LogP contribution in [0.5, 0.6) is 0 Å². The number of nitrogens with zero attached hydrogens (tertiary/aromatic N) is 2. The molecule has 0 spiro atoms. The van der Waals surface area contributed by atoms with E-state index in [1.54, 1.807) is 0 Å². The van der Waals surface area contributed by atoms with Crippen molar-refractivity contribution < 1.29 is 9.53 Å². The first-order valence-electron chi connectivity index (χ1n) is 14.4. The monoisotopic (exact) mass is 539 g/mol. The van der Waals surface area contributed by atoms with Crippen molar-refractivity contribution in [3.63, 3.8) is 0 Å². The number of carbonyl (C=O) groups excluding carboxylic acids is 1. The van der Waals surface area contributed by atoms with Crippen molar-refractivity contribution in [2.24, 2.45) is 0 Å². The highest BCUT2D eigenvalue weighted by Crippen LogP contribution is 2.39. The van der Waals surface area contributed by atoms with Crippen molar-refractivity contribution >= 4 is 16.8 Å². The second kappa shape index (κ2) is 11.4. The topological polar surface area (TPSA) is 103 Å². The van der Waals surface area contributed by atoms with E-state index >= 15 is 0 Å². The summed E-state index contributed by atoms with van der Waals surface area (Å²) in [5, 5.41) is 11.9. The van der Waals surface area contributed by atoms with Crippen LogP contribution >= 0.6 is 0 Å². The Morgan fingerprint density at radius 3 is 2.52 bits per heavy atom. The minimum atomic E-state index is -0.198. The number of amides is 1. The van der Waals surface area contributed by atoms with E-state index < -0.39 is 0 Å². The van der Waals surface area contributed by atoms with E-state index in [1.807, 2.05) is 26.0 Å². The number of H-pyrrole nitrogens is 2. The molecule has 8 nitrogen and oxygen atoms in total. The van der Waals surface area contributed by atoms with E-state index in [0.717, 1.165) is 84.7 Å². The Hall–Kier alpha value is -3.75. The maximum absolute atomic E-state index is 13.8. The molecule has 2 aromatic carbocycles. The summed E-state index contributed by atoms with van der Waals surface area (Å²) in [7, 11) is 0. The average molecular weight is 540 g/mol. The smallest absolute Gasteiger partial charge is 0.253 e. The number of pyridine rings is 1. The van der Waals surface area contributed by atoms with Gasteiger partial charge in [-0.05, 0) is 67.1 Å². The third kappa shape index (κ3) is 5.46. The van der Waals surface area contributed by atoms with E-state index in [0.29, 0.717) is 17.0 Å². The highest BCUT2D eigenvalue weighted by atomic mass is 16.5. The fourth-order valence-electron chi connectivity index (χ4n) is 6.22. The molecule has 2 fully saturated rings. The highest BCUT2D eigenvalue weighted by Gasteiger charge is 2.25. The molecule has 2 aliphatic rings. The summed E-state index contributed by atoms with van der Waals surface area (Å²) in [5.74, 6) is 0.180. The van der Waals surface area contributed by atoms with Crippen LogP contribution in [0.4, 0.5) is 0 Å². The van der Waals surface area contributed by atoms with Crippen LogP contribution in [-0.2, 0) is 17.8 Å². The molecule has 0 atom stereocenters. The highest BCUT2D eigenvalue weighted by molar-refractivity contribution is 6.09. The Morgan fingerprint density at radius 1 is 1.05 bits per heavy atom. The molecule has 40 heavy (non-hydrogen) atoms. The summed E-state index contributed by atoms with van der Waals surface area (Å²) < 4.78 is 5.47. The van der Waals surface area contributed by atoms with Crippen LogP contribution in [0.2, 0.25) is 0 Å². The van der Waals surface area contributed by atoms with Crippen molar-refractivity contribution in [1.82, 2.24) is 25.4 Å². The van der Waals surface area contributed by atoms with Gasteiger partial charge in [-0.15, -0.1) is 0 Å². The van der Waals surface area contributed by atoms with Crippen LogP contribution in [0.3, 0.4) is 0 Å². The molecule has 1 amide bonds. The predicted octanol–water partition coefficient (Wildman–Crippen LogP) is 4.95. The van der Waals surface area contributed by atoms with Crippen LogP contribution < -0.4 is 10.9 Å². The minimum Gasteiger partial charge on any atom is -0.379 e. The summed E-state index contributed by atoms with van der Waals surface area (Å²) in [6.07, 6.45) is 4.58. The molecular weight excluding hydrogens is 502 g/mol. The third-order valence-electron chi connectivity index (χ3n) is 8.41. The zero-order chi connectivity index (χ0) is 27.6. The van der Waals surface area contributed by atoms with Gasteiger partial charge < -0.3 is 15.0 Å². The van der Waals surface area contributed by atoms with Gasteiger partial charge in [-0.2, -0.15) is 5.10 Å². The summed E-state index contributed by atoms with van der Waals surface area (Å²) >= 11 is 0. The largest absolute Gasteiger partial charge is 0.379 e. The Morgan fingerprint density at radius 2 is 1.80 bits per heavy atom. The van der Waals surface area contributed by atoms with Crippen molar-refractivity contribution in [1.29, 1.82) is 0 Å². The molecule has 1 saturated heterocycles. The van der Waals surface area contributed by atoms with Crippen molar-refractivity contribution in [3.8, 4) is 11.1 Å². The van der Waals surface area contributed by atoms with E-state index in [2.05, 4.69) is 55.7 Å². The molecule has 4 aromatic rings. The fraction of sp³-hybridized carbons (Fsp3) is 0.406. The number of hydrogen-bond donors (Lipinski definition) is 3. The van der Waals surface area contributed by atoms with Gasteiger partial charge in [0.05, 0.1) is 24.3 Å². The van der Waals surface area contributed by atoms with Gasteiger partial charge in [-0.1, -0.05) is 37.1 Å².